The Bertz CT molecular complexity index is 988. The number of carbonyl (C=O) groups is 1. The molecule has 2 rings (SSSR count). The molecular formula is C18H22FN5O5S. The topological polar surface area (TPSA) is 167 Å². The van der Waals surface area contributed by atoms with E-state index in [1.807, 2.05) is 0 Å². The van der Waals surface area contributed by atoms with Gasteiger partial charge in [0.15, 0.2) is 17.5 Å². The molecule has 1 atom stereocenters. The minimum absolute atomic E-state index is 0.0519. The van der Waals surface area contributed by atoms with Gasteiger partial charge in [0.2, 0.25) is 0 Å². The van der Waals surface area contributed by atoms with Crippen LogP contribution in [0.25, 0.3) is 0 Å². The number of carbonyl (C=O) groups excluding carboxylic acids is 1. The van der Waals surface area contributed by atoms with Crippen molar-refractivity contribution in [2.45, 2.75) is 23.8 Å². The number of amides is 1. The number of sulfonamides is 1. The van der Waals surface area contributed by atoms with Gasteiger partial charge in [-0.05, 0) is 43.2 Å². The minimum Gasteiger partial charge on any atom is -0.454 e. The molecule has 0 aliphatic heterocycles. The van der Waals surface area contributed by atoms with E-state index in [4.69, 9.17) is 21.1 Å². The number of hydrogen-bond donors (Lipinski definition) is 6. The number of para-hydroxylation sites is 1. The predicted octanol–water partition coefficient (Wildman–Crippen LogP) is 1.03. The Balaban J connectivity index is 2.04. The number of nitrogens with one attached hydrogen (secondary N) is 4. The lowest BCUT2D eigenvalue weighted by Crippen LogP contribution is -2.45. The monoisotopic (exact) mass is 439 g/mol. The van der Waals surface area contributed by atoms with E-state index in [-0.39, 0.29) is 24.7 Å². The highest BCUT2D eigenvalue weighted by Crippen LogP contribution is 2.26. The van der Waals surface area contributed by atoms with E-state index in [2.05, 4.69) is 5.32 Å². The molecule has 0 spiro atoms. The molecule has 0 heterocycles. The van der Waals surface area contributed by atoms with Crippen LogP contribution in [0.15, 0.2) is 53.4 Å². The summed E-state index contributed by atoms with van der Waals surface area (Å²) in [6.07, 6.45) is 0.363. The standard InChI is InChI=1S/C18H22FN5O5S/c19-14-11-13(8-9-16(14)29-12-5-2-1-3-6-12)30(27,28)24-17(25)15(23-26)7-4-10-22-18(20)21/h1-3,5-6,8-9,11,15,23,26H,4,7,10H2,(H,24,25)(H4,20,21,22)/t15-/m1/s1. The molecule has 0 fully saturated rings. The van der Waals surface area contributed by atoms with Crippen LogP contribution in [0, 0.1) is 11.2 Å². The maximum absolute atomic E-state index is 14.3. The molecule has 0 bridgehead atoms. The molecule has 10 nitrogen and oxygen atoms in total. The highest BCUT2D eigenvalue weighted by molar-refractivity contribution is 7.90. The molecule has 12 heteroatoms. The molecule has 0 aromatic heterocycles. The Morgan fingerprint density at radius 1 is 1.23 bits per heavy atom. The molecule has 2 aromatic carbocycles. The number of hydroxylamine groups is 1. The SMILES string of the molecule is N=C(N)NCCC[C@@H](NO)C(=O)NS(=O)(=O)c1ccc(Oc2ccccc2)c(F)c1. The van der Waals surface area contributed by atoms with Gasteiger partial charge in [-0.15, -0.1) is 0 Å². The van der Waals surface area contributed by atoms with Crippen molar-refractivity contribution in [3.63, 3.8) is 0 Å². The van der Waals surface area contributed by atoms with Crippen molar-refractivity contribution >= 4 is 21.9 Å². The van der Waals surface area contributed by atoms with Gasteiger partial charge in [-0.3, -0.25) is 10.2 Å². The molecule has 0 unspecified atom stereocenters. The second-order valence-electron chi connectivity index (χ2n) is 6.14. The molecule has 0 saturated carbocycles. The average Bonchev–Trinajstić information content (AvgIpc) is 2.69. The van der Waals surface area contributed by atoms with Gasteiger partial charge in [-0.25, -0.2) is 17.5 Å². The summed E-state index contributed by atoms with van der Waals surface area (Å²) in [5, 5.41) is 18.7. The molecule has 30 heavy (non-hydrogen) atoms. The second kappa shape index (κ2) is 10.5. The molecule has 0 saturated heterocycles. The first kappa shape index (κ1) is 23.1. The van der Waals surface area contributed by atoms with Crippen LogP contribution >= 0.6 is 0 Å². The summed E-state index contributed by atoms with van der Waals surface area (Å²) >= 11 is 0. The first-order valence-corrected chi connectivity index (χ1v) is 10.3. The Kier molecular flexibility index (Phi) is 8.09. The largest absolute Gasteiger partial charge is 0.454 e. The van der Waals surface area contributed by atoms with Gasteiger partial charge in [0.05, 0.1) is 4.90 Å². The minimum atomic E-state index is -4.39. The summed E-state index contributed by atoms with van der Waals surface area (Å²) in [5.41, 5.74) is 6.85. The summed E-state index contributed by atoms with van der Waals surface area (Å²) in [5.74, 6) is -2.01. The number of ether oxygens (including phenoxy) is 1. The van der Waals surface area contributed by atoms with Gasteiger partial charge >= 0.3 is 0 Å². The molecule has 1 amide bonds. The first-order chi connectivity index (χ1) is 14.2. The van der Waals surface area contributed by atoms with Gasteiger partial charge in [0, 0.05) is 6.54 Å². The van der Waals surface area contributed by atoms with E-state index in [1.54, 1.807) is 40.5 Å². The Labute approximate surface area is 172 Å². The van der Waals surface area contributed by atoms with Crippen molar-refractivity contribution in [2.75, 3.05) is 6.54 Å². The van der Waals surface area contributed by atoms with Crippen LogP contribution in [0.1, 0.15) is 12.8 Å². The van der Waals surface area contributed by atoms with E-state index in [0.29, 0.717) is 12.2 Å². The first-order valence-electron chi connectivity index (χ1n) is 8.79. The Morgan fingerprint density at radius 2 is 1.93 bits per heavy atom. The quantitative estimate of drug-likeness (QED) is 0.138. The predicted molar refractivity (Wildman–Crippen MR) is 106 cm³/mol. The number of benzene rings is 2. The van der Waals surface area contributed by atoms with Gasteiger partial charge in [-0.2, -0.15) is 5.48 Å². The molecule has 0 aliphatic carbocycles. The van der Waals surface area contributed by atoms with E-state index in [0.717, 1.165) is 18.2 Å². The van der Waals surface area contributed by atoms with Crippen molar-refractivity contribution in [3.05, 3.63) is 54.3 Å². The number of hydrogen-bond acceptors (Lipinski definition) is 7. The normalized spacial score (nSPS) is 12.1. The third kappa shape index (κ3) is 6.69. The van der Waals surface area contributed by atoms with Crippen LogP contribution < -0.4 is 26.0 Å². The Hall–Kier alpha value is -3.22. The molecule has 162 valence electrons. The van der Waals surface area contributed by atoms with E-state index in [1.165, 1.54) is 0 Å². The summed E-state index contributed by atoms with van der Waals surface area (Å²) in [4.78, 5) is 11.7. The zero-order valence-electron chi connectivity index (χ0n) is 15.8. The van der Waals surface area contributed by atoms with Crippen molar-refractivity contribution in [3.8, 4) is 11.5 Å². The number of rotatable bonds is 10. The third-order valence-corrected chi connectivity index (χ3v) is 5.22. The van der Waals surface area contributed by atoms with Crippen LogP contribution in [0.5, 0.6) is 11.5 Å². The summed E-state index contributed by atoms with van der Waals surface area (Å²) in [6.45, 7) is 0.252. The van der Waals surface area contributed by atoms with Crippen LogP contribution in [-0.4, -0.2) is 38.1 Å². The fraction of sp³-hybridized carbons (Fsp3) is 0.222. The van der Waals surface area contributed by atoms with Crippen molar-refractivity contribution in [1.82, 2.24) is 15.5 Å². The lowest BCUT2D eigenvalue weighted by Gasteiger charge is -2.15. The lowest BCUT2D eigenvalue weighted by molar-refractivity contribution is -0.124. The summed E-state index contributed by atoms with van der Waals surface area (Å²) < 4.78 is 46.2. The van der Waals surface area contributed by atoms with Crippen molar-refractivity contribution in [2.24, 2.45) is 5.73 Å². The molecule has 0 radical (unpaired) electrons. The van der Waals surface area contributed by atoms with Gasteiger partial charge in [0.1, 0.15) is 11.8 Å². The third-order valence-electron chi connectivity index (χ3n) is 3.88. The Morgan fingerprint density at radius 3 is 2.53 bits per heavy atom. The van der Waals surface area contributed by atoms with Crippen LogP contribution in [0.4, 0.5) is 4.39 Å². The maximum atomic E-state index is 14.3. The van der Waals surface area contributed by atoms with E-state index in [9.17, 15) is 17.6 Å². The van der Waals surface area contributed by atoms with Gasteiger partial charge in [-0.1, -0.05) is 18.2 Å². The molecule has 0 aliphatic rings. The van der Waals surface area contributed by atoms with Crippen molar-refractivity contribution in [1.29, 1.82) is 5.41 Å². The average molecular weight is 439 g/mol. The van der Waals surface area contributed by atoms with Gasteiger partial charge in [0.25, 0.3) is 15.9 Å². The second-order valence-corrected chi connectivity index (χ2v) is 7.82. The highest BCUT2D eigenvalue weighted by atomic mass is 32.2. The smallest absolute Gasteiger partial charge is 0.264 e. The zero-order chi connectivity index (χ0) is 22.1. The van der Waals surface area contributed by atoms with Crippen LogP contribution in [0.2, 0.25) is 0 Å². The zero-order valence-corrected chi connectivity index (χ0v) is 16.6. The molecular weight excluding hydrogens is 417 g/mol. The summed E-state index contributed by atoms with van der Waals surface area (Å²) in [6, 6.07) is 10.1. The summed E-state index contributed by atoms with van der Waals surface area (Å²) in [7, 11) is -4.39. The molecule has 2 aromatic rings. The highest BCUT2D eigenvalue weighted by Gasteiger charge is 2.25. The maximum Gasteiger partial charge on any atom is 0.264 e. The fourth-order valence-electron chi connectivity index (χ4n) is 2.39. The van der Waals surface area contributed by atoms with Crippen LogP contribution in [0.3, 0.4) is 0 Å². The number of guanidine groups is 1. The van der Waals surface area contributed by atoms with Gasteiger partial charge < -0.3 is 21.0 Å². The fourth-order valence-corrected chi connectivity index (χ4v) is 3.42. The lowest BCUT2D eigenvalue weighted by atomic mass is 10.1. The van der Waals surface area contributed by atoms with Crippen molar-refractivity contribution < 1.29 is 27.5 Å². The number of halogens is 1. The van der Waals surface area contributed by atoms with E-state index < -0.39 is 32.7 Å². The molecule has 7 N–H and O–H groups in total. The number of nitrogens with two attached hydrogens (primary N) is 1. The van der Waals surface area contributed by atoms with E-state index >= 15 is 0 Å². The van der Waals surface area contributed by atoms with Crippen LogP contribution in [-0.2, 0) is 14.8 Å².